The predicted octanol–water partition coefficient (Wildman–Crippen LogP) is 1.79. The zero-order valence-electron chi connectivity index (χ0n) is 12.6. The van der Waals surface area contributed by atoms with Crippen LogP contribution in [0.3, 0.4) is 0 Å². The number of rotatable bonds is 2. The molecule has 1 aromatic carbocycles. The molecule has 1 aliphatic rings. The first kappa shape index (κ1) is 15.5. The fraction of sp³-hybridized carbons (Fsp3) is 0.118. The number of fused-ring (bicyclic) bond motifs is 1. The summed E-state index contributed by atoms with van der Waals surface area (Å²) in [5, 5.41) is 0. The summed E-state index contributed by atoms with van der Waals surface area (Å²) in [6.07, 6.45) is 3.54. The third-order valence-electron chi connectivity index (χ3n) is 3.74. The largest absolute Gasteiger partial charge is 0.334 e. The standard InChI is InChI=1S/C17H13IN4OS/c18-12-4-6-14(7-5-12)21-10-20-17-22(11-21)16(23)15(24-17)9-13-3-1-2-8-19-13/h1-9H,10-11H2. The quantitative estimate of drug-likeness (QED) is 0.562. The minimum Gasteiger partial charge on any atom is -0.334 e. The fourth-order valence-electron chi connectivity index (χ4n) is 2.52. The monoisotopic (exact) mass is 448 g/mol. The molecule has 0 bridgehead atoms. The maximum Gasteiger partial charge on any atom is 0.271 e. The Morgan fingerprint density at radius 1 is 1.17 bits per heavy atom. The van der Waals surface area contributed by atoms with Crippen molar-refractivity contribution in [3.63, 3.8) is 0 Å². The molecule has 0 saturated heterocycles. The highest BCUT2D eigenvalue weighted by molar-refractivity contribution is 14.1. The van der Waals surface area contributed by atoms with E-state index in [2.05, 4.69) is 61.7 Å². The van der Waals surface area contributed by atoms with Gasteiger partial charge in [-0.25, -0.2) is 4.99 Å². The molecule has 0 atom stereocenters. The molecule has 0 radical (unpaired) electrons. The predicted molar refractivity (Wildman–Crippen MR) is 104 cm³/mol. The van der Waals surface area contributed by atoms with Gasteiger partial charge in [0.1, 0.15) is 13.3 Å². The molecule has 1 aliphatic heterocycles. The van der Waals surface area contributed by atoms with Gasteiger partial charge in [0, 0.05) is 15.5 Å². The molecule has 0 aliphatic carbocycles. The smallest absolute Gasteiger partial charge is 0.271 e. The highest BCUT2D eigenvalue weighted by Crippen LogP contribution is 2.17. The number of anilines is 1. The third kappa shape index (κ3) is 3.01. The molecule has 24 heavy (non-hydrogen) atoms. The first-order chi connectivity index (χ1) is 11.7. The average Bonchev–Trinajstić information content (AvgIpc) is 2.92. The number of thiazole rings is 1. The number of hydrogen-bond donors (Lipinski definition) is 0. The zero-order chi connectivity index (χ0) is 16.5. The van der Waals surface area contributed by atoms with Crippen LogP contribution in [0.4, 0.5) is 5.69 Å². The van der Waals surface area contributed by atoms with Gasteiger partial charge in [0.05, 0.1) is 10.2 Å². The van der Waals surface area contributed by atoms with E-state index >= 15 is 0 Å². The molecule has 120 valence electrons. The van der Waals surface area contributed by atoms with Crippen LogP contribution in [-0.4, -0.2) is 16.2 Å². The van der Waals surface area contributed by atoms with Gasteiger partial charge in [0.25, 0.3) is 5.56 Å². The van der Waals surface area contributed by atoms with Crippen LogP contribution in [0, 0.1) is 3.57 Å². The van der Waals surface area contributed by atoms with E-state index < -0.39 is 0 Å². The van der Waals surface area contributed by atoms with Crippen molar-refractivity contribution in [3.05, 3.63) is 77.6 Å². The second-order valence-electron chi connectivity index (χ2n) is 5.34. The van der Waals surface area contributed by atoms with Gasteiger partial charge in [-0.05, 0) is 65.1 Å². The van der Waals surface area contributed by atoms with Crippen molar-refractivity contribution >= 4 is 45.7 Å². The minimum atomic E-state index is -0.0142. The Morgan fingerprint density at radius 2 is 2.00 bits per heavy atom. The number of hydrogen-bond acceptors (Lipinski definition) is 5. The van der Waals surface area contributed by atoms with Crippen LogP contribution >= 0.6 is 33.9 Å². The number of benzene rings is 1. The molecule has 0 amide bonds. The molecule has 7 heteroatoms. The van der Waals surface area contributed by atoms with E-state index in [1.54, 1.807) is 10.8 Å². The van der Waals surface area contributed by atoms with Crippen LogP contribution in [0.1, 0.15) is 5.69 Å². The van der Waals surface area contributed by atoms with Gasteiger partial charge < -0.3 is 4.90 Å². The van der Waals surface area contributed by atoms with Crippen LogP contribution < -0.4 is 19.8 Å². The van der Waals surface area contributed by atoms with Crippen molar-refractivity contribution in [2.75, 3.05) is 11.6 Å². The van der Waals surface area contributed by atoms with Crippen molar-refractivity contribution in [1.82, 2.24) is 9.55 Å². The minimum absolute atomic E-state index is 0.0142. The maximum atomic E-state index is 12.7. The van der Waals surface area contributed by atoms with Crippen LogP contribution in [0.25, 0.3) is 6.08 Å². The Labute approximate surface area is 155 Å². The molecule has 0 saturated carbocycles. The lowest BCUT2D eigenvalue weighted by Gasteiger charge is -2.25. The molecule has 4 rings (SSSR count). The first-order valence-corrected chi connectivity index (χ1v) is 9.28. The molecule has 0 fully saturated rings. The molecule has 0 unspecified atom stereocenters. The number of aromatic nitrogens is 2. The van der Waals surface area contributed by atoms with Crippen molar-refractivity contribution in [2.24, 2.45) is 4.99 Å². The van der Waals surface area contributed by atoms with Gasteiger partial charge >= 0.3 is 0 Å². The third-order valence-corrected chi connectivity index (χ3v) is 5.50. The van der Waals surface area contributed by atoms with Crippen LogP contribution in [-0.2, 0) is 6.67 Å². The molecule has 5 nitrogen and oxygen atoms in total. The van der Waals surface area contributed by atoms with E-state index in [-0.39, 0.29) is 5.56 Å². The summed E-state index contributed by atoms with van der Waals surface area (Å²) in [7, 11) is 0. The second kappa shape index (κ2) is 6.48. The SMILES string of the molecule is O=c1c(=Cc2ccccn2)sc2n1CN(c1ccc(I)cc1)CN=2. The van der Waals surface area contributed by atoms with Crippen molar-refractivity contribution in [3.8, 4) is 0 Å². The molecule has 2 aromatic heterocycles. The van der Waals surface area contributed by atoms with Crippen molar-refractivity contribution in [2.45, 2.75) is 6.67 Å². The van der Waals surface area contributed by atoms with Crippen LogP contribution in [0.15, 0.2) is 58.4 Å². The summed E-state index contributed by atoms with van der Waals surface area (Å²) in [5.41, 5.74) is 1.83. The maximum absolute atomic E-state index is 12.7. The summed E-state index contributed by atoms with van der Waals surface area (Å²) in [4.78, 5) is 24.3. The van der Waals surface area contributed by atoms with E-state index in [1.165, 1.54) is 14.9 Å². The number of nitrogens with zero attached hydrogens (tertiary/aromatic N) is 4. The summed E-state index contributed by atoms with van der Waals surface area (Å²) in [6, 6.07) is 13.9. The fourth-order valence-corrected chi connectivity index (χ4v) is 3.83. The van der Waals surface area contributed by atoms with E-state index in [0.717, 1.165) is 16.2 Å². The second-order valence-corrected chi connectivity index (χ2v) is 7.59. The van der Waals surface area contributed by atoms with Crippen LogP contribution in [0.2, 0.25) is 0 Å². The summed E-state index contributed by atoms with van der Waals surface area (Å²) < 4.78 is 3.57. The molecular weight excluding hydrogens is 435 g/mol. The Balaban J connectivity index is 1.71. The average molecular weight is 448 g/mol. The lowest BCUT2D eigenvalue weighted by molar-refractivity contribution is 0.569. The summed E-state index contributed by atoms with van der Waals surface area (Å²) >= 11 is 3.70. The lowest BCUT2D eigenvalue weighted by Crippen LogP contribution is -2.42. The molecule has 0 spiro atoms. The lowest BCUT2D eigenvalue weighted by atomic mass is 10.3. The Kier molecular flexibility index (Phi) is 4.19. The van der Waals surface area contributed by atoms with E-state index in [0.29, 0.717) is 17.9 Å². The van der Waals surface area contributed by atoms with Crippen molar-refractivity contribution < 1.29 is 0 Å². The normalized spacial score (nSPS) is 14.4. The van der Waals surface area contributed by atoms with Crippen LogP contribution in [0.5, 0.6) is 0 Å². The molecule has 3 heterocycles. The first-order valence-electron chi connectivity index (χ1n) is 7.38. The number of pyridine rings is 1. The van der Waals surface area contributed by atoms with Gasteiger partial charge in [-0.2, -0.15) is 0 Å². The Hall–Kier alpha value is -2.00. The van der Waals surface area contributed by atoms with E-state index in [4.69, 9.17) is 0 Å². The summed E-state index contributed by atoms with van der Waals surface area (Å²) in [5.74, 6) is 0. The van der Waals surface area contributed by atoms with Gasteiger partial charge in [-0.15, -0.1) is 0 Å². The van der Waals surface area contributed by atoms with E-state index in [1.807, 2.05) is 24.3 Å². The number of halogens is 1. The van der Waals surface area contributed by atoms with Gasteiger partial charge in [-0.1, -0.05) is 17.4 Å². The topological polar surface area (TPSA) is 50.5 Å². The Morgan fingerprint density at radius 3 is 2.75 bits per heavy atom. The van der Waals surface area contributed by atoms with Gasteiger partial charge in [0.15, 0.2) is 4.80 Å². The van der Waals surface area contributed by atoms with Gasteiger partial charge in [0.2, 0.25) is 0 Å². The molecule has 0 N–H and O–H groups in total. The molecule has 3 aromatic rings. The van der Waals surface area contributed by atoms with E-state index in [9.17, 15) is 4.79 Å². The summed E-state index contributed by atoms with van der Waals surface area (Å²) in [6.45, 7) is 1.08. The van der Waals surface area contributed by atoms with Gasteiger partial charge in [-0.3, -0.25) is 14.3 Å². The highest BCUT2D eigenvalue weighted by Gasteiger charge is 2.15. The molecular formula is C17H13IN4OS. The highest BCUT2D eigenvalue weighted by atomic mass is 127. The Bertz CT molecular complexity index is 1040. The van der Waals surface area contributed by atoms with Crippen molar-refractivity contribution in [1.29, 1.82) is 0 Å². The zero-order valence-corrected chi connectivity index (χ0v) is 15.6.